The van der Waals surface area contributed by atoms with Crippen LogP contribution in [0, 0.1) is 0 Å². The first-order valence-corrected chi connectivity index (χ1v) is 2.49. The maximum Gasteiger partial charge on any atom is 0.105 e. The van der Waals surface area contributed by atoms with Gasteiger partial charge in [-0.1, -0.05) is 0 Å². The molecule has 0 aromatic heterocycles. The normalized spacial score (nSPS) is 16.1. The summed E-state index contributed by atoms with van der Waals surface area (Å²) >= 11 is 0. The first-order chi connectivity index (χ1) is 3.48. The topological polar surface area (TPSA) is 60.7 Å². The maximum absolute atomic E-state index is 8.88. The summed E-state index contributed by atoms with van der Waals surface area (Å²) in [5.74, 6) is 0. The summed E-state index contributed by atoms with van der Waals surface area (Å²) in [6, 6.07) is 0. The van der Waals surface area contributed by atoms with Crippen LogP contribution in [0.25, 0.3) is 0 Å². The summed E-state index contributed by atoms with van der Waals surface area (Å²) in [5, 5.41) is 25.8. The lowest BCUT2D eigenvalue weighted by Crippen LogP contribution is -2.38. The fraction of sp³-hybridized carbons (Fsp3) is 1.00. The van der Waals surface area contributed by atoms with Crippen LogP contribution in [0.2, 0.25) is 0 Å². The minimum atomic E-state index is -1.19. The Labute approximate surface area is 48.6 Å². The molecule has 0 fully saturated rings. The summed E-state index contributed by atoms with van der Waals surface area (Å²) in [6.07, 6.45) is -1.04. The van der Waals surface area contributed by atoms with E-state index in [4.69, 9.17) is 15.3 Å². The lowest BCUT2D eigenvalue weighted by molar-refractivity contribution is -0.0707. The molecule has 3 heteroatoms. The molecule has 8 heavy (non-hydrogen) atoms. The Morgan fingerprint density at radius 2 is 1.88 bits per heavy atom. The average Bonchev–Trinajstić information content (AvgIpc) is 1.62. The molecule has 3 N–H and O–H groups in total. The second-order valence-corrected chi connectivity index (χ2v) is 2.35. The molecule has 0 aliphatic rings. The van der Waals surface area contributed by atoms with Gasteiger partial charge in [0.1, 0.15) is 6.10 Å². The molecular formula is C5H12O3. The second-order valence-electron chi connectivity index (χ2n) is 2.35. The van der Waals surface area contributed by atoms with Gasteiger partial charge in [-0.3, -0.25) is 0 Å². The molecule has 0 aliphatic heterocycles. The fourth-order valence-corrected chi connectivity index (χ4v) is 0.223. The molecule has 0 rings (SSSR count). The van der Waals surface area contributed by atoms with Gasteiger partial charge in [-0.2, -0.15) is 0 Å². The van der Waals surface area contributed by atoms with Crippen LogP contribution in [0.4, 0.5) is 0 Å². The molecule has 1 atom stereocenters. The van der Waals surface area contributed by atoms with E-state index in [9.17, 15) is 0 Å². The number of aliphatic hydroxyl groups is 3. The number of hydrogen-bond donors (Lipinski definition) is 3. The van der Waals surface area contributed by atoms with Gasteiger partial charge < -0.3 is 15.3 Å². The summed E-state index contributed by atoms with van der Waals surface area (Å²) in [7, 11) is 0. The Morgan fingerprint density at radius 3 is 1.88 bits per heavy atom. The SMILES string of the molecule is CC(C)(O)[C@H](O)CO. The predicted molar refractivity (Wildman–Crippen MR) is 29.4 cm³/mol. The van der Waals surface area contributed by atoms with Crippen molar-refractivity contribution >= 4 is 0 Å². The summed E-state index contributed by atoms with van der Waals surface area (Å²) in [5.41, 5.74) is -1.19. The zero-order chi connectivity index (χ0) is 6.78. The van der Waals surface area contributed by atoms with Gasteiger partial charge in [0, 0.05) is 0 Å². The first kappa shape index (κ1) is 7.88. The Morgan fingerprint density at radius 1 is 1.50 bits per heavy atom. The molecule has 3 nitrogen and oxygen atoms in total. The van der Waals surface area contributed by atoms with E-state index in [1.54, 1.807) is 0 Å². The Balaban J connectivity index is 3.62. The molecule has 0 spiro atoms. The highest BCUT2D eigenvalue weighted by Crippen LogP contribution is 2.05. The summed E-state index contributed by atoms with van der Waals surface area (Å²) in [6.45, 7) is 2.48. The van der Waals surface area contributed by atoms with Gasteiger partial charge in [0.05, 0.1) is 12.2 Å². The van der Waals surface area contributed by atoms with Gasteiger partial charge in [-0.15, -0.1) is 0 Å². The minimum Gasteiger partial charge on any atom is -0.394 e. The molecule has 0 saturated carbocycles. The first-order valence-electron chi connectivity index (χ1n) is 2.49. The summed E-state index contributed by atoms with van der Waals surface area (Å²) in [4.78, 5) is 0. The van der Waals surface area contributed by atoms with Crippen molar-refractivity contribution in [3.05, 3.63) is 0 Å². The van der Waals surface area contributed by atoms with Crippen molar-refractivity contribution in [2.45, 2.75) is 25.6 Å². The second kappa shape index (κ2) is 2.44. The van der Waals surface area contributed by atoms with Crippen molar-refractivity contribution < 1.29 is 15.3 Å². The van der Waals surface area contributed by atoms with Crippen LogP contribution < -0.4 is 0 Å². The molecule has 0 aromatic carbocycles. The third kappa shape index (κ3) is 2.26. The van der Waals surface area contributed by atoms with E-state index in [1.807, 2.05) is 0 Å². The van der Waals surface area contributed by atoms with E-state index in [1.165, 1.54) is 13.8 Å². The minimum absolute atomic E-state index is 0.399. The molecule has 0 saturated heterocycles. The standard InChI is InChI=1S/C5H12O3/c1-5(2,8)4(7)3-6/h4,6-8H,3H2,1-2H3/t4-/m1/s1. The van der Waals surface area contributed by atoms with Crippen LogP contribution in [0.5, 0.6) is 0 Å². The molecule has 50 valence electrons. The van der Waals surface area contributed by atoms with E-state index < -0.39 is 18.3 Å². The number of hydrogen-bond acceptors (Lipinski definition) is 3. The van der Waals surface area contributed by atoms with Crippen LogP contribution >= 0.6 is 0 Å². The molecule has 0 bridgehead atoms. The van der Waals surface area contributed by atoms with Gasteiger partial charge >= 0.3 is 0 Å². The highest BCUT2D eigenvalue weighted by molar-refractivity contribution is 4.74. The monoisotopic (exact) mass is 120 g/mol. The average molecular weight is 120 g/mol. The quantitative estimate of drug-likeness (QED) is 0.443. The summed E-state index contributed by atoms with van der Waals surface area (Å²) < 4.78 is 0. The van der Waals surface area contributed by atoms with E-state index >= 15 is 0 Å². The Kier molecular flexibility index (Phi) is 2.40. The highest BCUT2D eigenvalue weighted by Gasteiger charge is 2.22. The zero-order valence-electron chi connectivity index (χ0n) is 5.13. The van der Waals surface area contributed by atoms with Crippen molar-refractivity contribution in [2.24, 2.45) is 0 Å². The van der Waals surface area contributed by atoms with Gasteiger partial charge in [-0.05, 0) is 13.8 Å². The van der Waals surface area contributed by atoms with E-state index in [2.05, 4.69) is 0 Å². The number of rotatable bonds is 2. The van der Waals surface area contributed by atoms with E-state index in [0.717, 1.165) is 0 Å². The van der Waals surface area contributed by atoms with Gasteiger partial charge in [-0.25, -0.2) is 0 Å². The van der Waals surface area contributed by atoms with Crippen molar-refractivity contribution in [1.29, 1.82) is 0 Å². The zero-order valence-corrected chi connectivity index (χ0v) is 5.13. The molecule has 0 amide bonds. The molecule has 0 heterocycles. The number of aliphatic hydroxyl groups excluding tert-OH is 2. The van der Waals surface area contributed by atoms with Crippen LogP contribution in [0.3, 0.4) is 0 Å². The van der Waals surface area contributed by atoms with Crippen LogP contribution in [-0.2, 0) is 0 Å². The van der Waals surface area contributed by atoms with Crippen molar-refractivity contribution in [2.75, 3.05) is 6.61 Å². The lowest BCUT2D eigenvalue weighted by atomic mass is 10.0. The Hall–Kier alpha value is -0.120. The van der Waals surface area contributed by atoms with E-state index in [0.29, 0.717) is 0 Å². The third-order valence-corrected chi connectivity index (χ3v) is 0.988. The largest absolute Gasteiger partial charge is 0.394 e. The lowest BCUT2D eigenvalue weighted by Gasteiger charge is -2.21. The molecule has 0 aliphatic carbocycles. The smallest absolute Gasteiger partial charge is 0.105 e. The molecular weight excluding hydrogens is 108 g/mol. The van der Waals surface area contributed by atoms with Crippen molar-refractivity contribution in [1.82, 2.24) is 0 Å². The van der Waals surface area contributed by atoms with E-state index in [-0.39, 0.29) is 0 Å². The van der Waals surface area contributed by atoms with Gasteiger partial charge in [0.2, 0.25) is 0 Å². The van der Waals surface area contributed by atoms with Crippen LogP contribution in [0.1, 0.15) is 13.8 Å². The predicted octanol–water partition coefficient (Wildman–Crippen LogP) is -0.890. The third-order valence-electron chi connectivity index (χ3n) is 0.988. The van der Waals surface area contributed by atoms with Gasteiger partial charge in [0.25, 0.3) is 0 Å². The maximum atomic E-state index is 8.88. The molecule has 0 aromatic rings. The fourth-order valence-electron chi connectivity index (χ4n) is 0.223. The molecule has 0 unspecified atom stereocenters. The van der Waals surface area contributed by atoms with Gasteiger partial charge in [0.15, 0.2) is 0 Å². The Bertz CT molecular complexity index is 64.6. The molecule has 0 radical (unpaired) electrons. The van der Waals surface area contributed by atoms with Crippen molar-refractivity contribution in [3.8, 4) is 0 Å². The van der Waals surface area contributed by atoms with Crippen LogP contribution in [0.15, 0.2) is 0 Å². The van der Waals surface area contributed by atoms with Crippen molar-refractivity contribution in [3.63, 3.8) is 0 Å². The van der Waals surface area contributed by atoms with Crippen LogP contribution in [-0.4, -0.2) is 33.6 Å². The highest BCUT2D eigenvalue weighted by atomic mass is 16.4.